The average molecular weight is 265 g/mol. The largest absolute Gasteiger partial charge is 0.377 e. The fraction of sp³-hybridized carbons (Fsp3) is 1.00. The van der Waals surface area contributed by atoms with Gasteiger partial charge in [0.25, 0.3) is 0 Å². The third-order valence-corrected chi connectivity index (χ3v) is 5.92. The fourth-order valence-electron chi connectivity index (χ4n) is 4.75. The van der Waals surface area contributed by atoms with Crippen molar-refractivity contribution < 1.29 is 4.74 Å². The lowest BCUT2D eigenvalue weighted by atomic mass is 9.72. The van der Waals surface area contributed by atoms with E-state index >= 15 is 0 Å². The van der Waals surface area contributed by atoms with Crippen LogP contribution in [0.25, 0.3) is 0 Å². The molecule has 0 N–H and O–H groups in total. The van der Waals surface area contributed by atoms with Gasteiger partial charge in [0.1, 0.15) is 0 Å². The van der Waals surface area contributed by atoms with Crippen LogP contribution in [-0.2, 0) is 4.74 Å². The minimum atomic E-state index is 0.437. The van der Waals surface area contributed by atoms with E-state index in [-0.39, 0.29) is 0 Å². The van der Waals surface area contributed by atoms with E-state index in [1.165, 1.54) is 25.7 Å². The van der Waals surface area contributed by atoms with Gasteiger partial charge in [-0.15, -0.1) is 0 Å². The predicted molar refractivity (Wildman–Crippen MR) is 79.2 cm³/mol. The van der Waals surface area contributed by atoms with Gasteiger partial charge in [-0.1, -0.05) is 20.8 Å². The Bertz CT molecular complexity index is 327. The summed E-state index contributed by atoms with van der Waals surface area (Å²) in [4.78, 5) is 2.78. The second kappa shape index (κ2) is 4.73. The van der Waals surface area contributed by atoms with Crippen molar-refractivity contribution in [2.45, 2.75) is 84.5 Å². The minimum Gasteiger partial charge on any atom is -0.377 e. The summed E-state index contributed by atoms with van der Waals surface area (Å²) in [6, 6.07) is 2.27. The highest BCUT2D eigenvalue weighted by atomic mass is 16.5. The molecular formula is C17H31NO. The van der Waals surface area contributed by atoms with Crippen LogP contribution in [0.3, 0.4) is 0 Å². The zero-order valence-electron chi connectivity index (χ0n) is 13.4. The summed E-state index contributed by atoms with van der Waals surface area (Å²) in [6.45, 7) is 12.9. The molecule has 2 heteroatoms. The number of hydrogen-bond donors (Lipinski definition) is 0. The summed E-state index contributed by atoms with van der Waals surface area (Å²) < 4.78 is 6.22. The minimum absolute atomic E-state index is 0.437. The van der Waals surface area contributed by atoms with Crippen LogP contribution in [0.2, 0.25) is 0 Å². The number of rotatable bonds is 2. The fourth-order valence-corrected chi connectivity index (χ4v) is 4.75. The first-order valence-corrected chi connectivity index (χ1v) is 8.27. The van der Waals surface area contributed by atoms with Crippen LogP contribution in [0.5, 0.6) is 0 Å². The van der Waals surface area contributed by atoms with Crippen molar-refractivity contribution in [3.63, 3.8) is 0 Å². The molecule has 2 bridgehead atoms. The van der Waals surface area contributed by atoms with Gasteiger partial charge < -0.3 is 4.74 Å². The second-order valence-electron chi connectivity index (χ2n) is 8.41. The molecule has 1 aliphatic carbocycles. The van der Waals surface area contributed by atoms with Gasteiger partial charge in [0.15, 0.2) is 0 Å². The van der Waals surface area contributed by atoms with Crippen molar-refractivity contribution in [3.05, 3.63) is 0 Å². The van der Waals surface area contributed by atoms with Gasteiger partial charge in [-0.3, -0.25) is 4.90 Å². The molecule has 2 nitrogen and oxygen atoms in total. The monoisotopic (exact) mass is 265 g/mol. The SMILES string of the molecule is CC(C)N1C2CC(C2)C1C1CC(C(C)(C)C)CCO1. The molecule has 4 fully saturated rings. The molecule has 19 heavy (non-hydrogen) atoms. The van der Waals surface area contributed by atoms with Gasteiger partial charge in [0.05, 0.1) is 6.10 Å². The van der Waals surface area contributed by atoms with E-state index in [0.29, 0.717) is 17.6 Å². The molecule has 0 spiro atoms. The van der Waals surface area contributed by atoms with Gasteiger partial charge in [-0.2, -0.15) is 0 Å². The smallest absolute Gasteiger partial charge is 0.0736 e. The van der Waals surface area contributed by atoms with E-state index in [1.54, 1.807) is 0 Å². The molecule has 3 aliphatic heterocycles. The molecule has 3 unspecified atom stereocenters. The lowest BCUT2D eigenvalue weighted by Crippen LogP contribution is -2.48. The van der Waals surface area contributed by atoms with E-state index in [2.05, 4.69) is 39.5 Å². The van der Waals surface area contributed by atoms with Gasteiger partial charge in [-0.05, 0) is 56.8 Å². The molecule has 0 radical (unpaired) electrons. The lowest BCUT2D eigenvalue weighted by molar-refractivity contribution is -0.0744. The number of nitrogens with zero attached hydrogens (tertiary/aromatic N) is 1. The average Bonchev–Trinajstić information content (AvgIpc) is 2.81. The summed E-state index contributed by atoms with van der Waals surface area (Å²) in [5.74, 6) is 1.76. The molecule has 4 aliphatic rings. The van der Waals surface area contributed by atoms with Gasteiger partial charge >= 0.3 is 0 Å². The van der Waals surface area contributed by atoms with Crippen molar-refractivity contribution in [3.8, 4) is 0 Å². The van der Waals surface area contributed by atoms with Crippen LogP contribution in [0.1, 0.15) is 60.3 Å². The Morgan fingerprint density at radius 1 is 1.11 bits per heavy atom. The molecule has 0 amide bonds. The summed E-state index contributed by atoms with van der Waals surface area (Å²) in [6.07, 6.45) is 5.90. The van der Waals surface area contributed by atoms with Crippen LogP contribution >= 0.6 is 0 Å². The Morgan fingerprint density at radius 2 is 1.79 bits per heavy atom. The van der Waals surface area contributed by atoms with E-state index in [4.69, 9.17) is 4.74 Å². The number of fused-ring (bicyclic) bond motifs is 1. The van der Waals surface area contributed by atoms with Crippen molar-refractivity contribution in [1.29, 1.82) is 0 Å². The molecule has 110 valence electrons. The maximum absolute atomic E-state index is 6.22. The summed E-state index contributed by atoms with van der Waals surface area (Å²) in [5.41, 5.74) is 0.437. The quantitative estimate of drug-likeness (QED) is 0.755. The van der Waals surface area contributed by atoms with Crippen LogP contribution in [0.4, 0.5) is 0 Å². The Hall–Kier alpha value is -0.0800. The van der Waals surface area contributed by atoms with E-state index in [0.717, 1.165) is 30.5 Å². The van der Waals surface area contributed by atoms with Crippen molar-refractivity contribution >= 4 is 0 Å². The molecule has 3 atom stereocenters. The highest BCUT2D eigenvalue weighted by molar-refractivity contribution is 5.08. The van der Waals surface area contributed by atoms with E-state index in [9.17, 15) is 0 Å². The topological polar surface area (TPSA) is 12.5 Å². The van der Waals surface area contributed by atoms with Gasteiger partial charge in [0, 0.05) is 24.7 Å². The molecule has 0 aromatic carbocycles. The van der Waals surface area contributed by atoms with Crippen LogP contribution < -0.4 is 0 Å². The van der Waals surface area contributed by atoms with E-state index in [1.807, 2.05) is 0 Å². The van der Waals surface area contributed by atoms with Gasteiger partial charge in [0.2, 0.25) is 0 Å². The summed E-state index contributed by atoms with van der Waals surface area (Å²) >= 11 is 0. The lowest BCUT2D eigenvalue weighted by Gasteiger charge is -2.42. The zero-order chi connectivity index (χ0) is 13.8. The highest BCUT2D eigenvalue weighted by Crippen LogP contribution is 2.50. The normalized spacial score (nSPS) is 43.6. The molecule has 3 saturated heterocycles. The molecular weight excluding hydrogens is 234 g/mol. The maximum atomic E-state index is 6.22. The van der Waals surface area contributed by atoms with Crippen LogP contribution in [-0.4, -0.2) is 35.7 Å². The summed E-state index contributed by atoms with van der Waals surface area (Å²) in [7, 11) is 0. The molecule has 0 aromatic heterocycles. The predicted octanol–water partition coefficient (Wildman–Crippen LogP) is 3.70. The number of hydrogen-bond acceptors (Lipinski definition) is 2. The molecule has 1 saturated carbocycles. The molecule has 0 aromatic rings. The van der Waals surface area contributed by atoms with Crippen LogP contribution in [0.15, 0.2) is 0 Å². The standard InChI is InChI=1S/C17H31NO/c1-11(2)18-14-8-12(9-14)16(18)15-10-13(6-7-19-15)17(3,4)5/h11-16H,6-10H2,1-5H3. The first-order valence-electron chi connectivity index (χ1n) is 8.27. The first-order chi connectivity index (χ1) is 8.88. The van der Waals surface area contributed by atoms with Crippen molar-refractivity contribution in [2.24, 2.45) is 17.3 Å². The molecule has 3 heterocycles. The third-order valence-electron chi connectivity index (χ3n) is 5.92. The van der Waals surface area contributed by atoms with Crippen LogP contribution in [0, 0.1) is 17.3 Å². The third kappa shape index (κ3) is 2.35. The highest BCUT2D eigenvalue weighted by Gasteiger charge is 2.55. The van der Waals surface area contributed by atoms with Gasteiger partial charge in [-0.25, -0.2) is 0 Å². The number of ether oxygens (including phenoxy) is 1. The zero-order valence-corrected chi connectivity index (χ0v) is 13.4. The Labute approximate surface area is 118 Å². The molecule has 4 rings (SSSR count). The Balaban J connectivity index is 1.72. The Morgan fingerprint density at radius 3 is 2.37 bits per heavy atom. The van der Waals surface area contributed by atoms with E-state index < -0.39 is 0 Å². The maximum Gasteiger partial charge on any atom is 0.0736 e. The van der Waals surface area contributed by atoms with Crippen molar-refractivity contribution in [2.75, 3.05) is 6.61 Å². The Kier molecular flexibility index (Phi) is 3.46. The van der Waals surface area contributed by atoms with Crippen molar-refractivity contribution in [1.82, 2.24) is 4.90 Å². The first kappa shape index (κ1) is 13.9. The summed E-state index contributed by atoms with van der Waals surface area (Å²) in [5, 5.41) is 0. The second-order valence-corrected chi connectivity index (χ2v) is 8.41.